The van der Waals surface area contributed by atoms with Gasteiger partial charge in [-0.1, -0.05) is 42.5 Å². The Morgan fingerprint density at radius 3 is 2.33 bits per heavy atom. The number of aliphatic hydroxyl groups is 1. The number of aliphatic hydroxyl groups excluding tert-OH is 1. The maximum absolute atomic E-state index is 10.6. The molecule has 21 heavy (non-hydrogen) atoms. The molecule has 2 rings (SSSR count). The molecule has 0 heterocycles. The standard InChI is InChI=1S/C16H17NO4/c18-10-15(17-16(19)20)13-6-8-14(9-7-13)21-11-12-4-2-1-3-5-12/h1-9,15,17-18H,10-11H2,(H,19,20)/t15-/m0/s1. The van der Waals surface area contributed by atoms with Gasteiger partial charge in [-0.2, -0.15) is 0 Å². The highest BCUT2D eigenvalue weighted by atomic mass is 16.5. The lowest BCUT2D eigenvalue weighted by molar-refractivity contribution is 0.177. The molecule has 0 aliphatic carbocycles. The van der Waals surface area contributed by atoms with E-state index in [1.165, 1.54) is 0 Å². The first-order valence-electron chi connectivity index (χ1n) is 6.56. The molecular formula is C16H17NO4. The van der Waals surface area contributed by atoms with Crippen molar-refractivity contribution in [2.24, 2.45) is 0 Å². The van der Waals surface area contributed by atoms with Crippen molar-refractivity contribution in [1.82, 2.24) is 5.32 Å². The third-order valence-corrected chi connectivity index (χ3v) is 3.01. The van der Waals surface area contributed by atoms with Gasteiger partial charge in [0.25, 0.3) is 0 Å². The largest absolute Gasteiger partial charge is 0.489 e. The van der Waals surface area contributed by atoms with Gasteiger partial charge in [-0.25, -0.2) is 4.79 Å². The van der Waals surface area contributed by atoms with E-state index in [1.54, 1.807) is 24.3 Å². The second kappa shape index (κ2) is 7.31. The number of hydrogen-bond acceptors (Lipinski definition) is 3. The van der Waals surface area contributed by atoms with Crippen molar-refractivity contribution in [2.75, 3.05) is 6.61 Å². The van der Waals surface area contributed by atoms with Gasteiger partial charge in [0.15, 0.2) is 0 Å². The first-order chi connectivity index (χ1) is 10.2. The summed E-state index contributed by atoms with van der Waals surface area (Å²) in [5.41, 5.74) is 1.76. The number of ether oxygens (including phenoxy) is 1. The SMILES string of the molecule is O=C(O)N[C@@H](CO)c1ccc(OCc2ccccc2)cc1. The van der Waals surface area contributed by atoms with Crippen LogP contribution in [0.3, 0.4) is 0 Å². The van der Waals surface area contributed by atoms with E-state index in [9.17, 15) is 9.90 Å². The predicted octanol–water partition coefficient (Wildman–Crippen LogP) is 2.57. The van der Waals surface area contributed by atoms with Crippen LogP contribution in [0.2, 0.25) is 0 Å². The quantitative estimate of drug-likeness (QED) is 0.763. The molecular weight excluding hydrogens is 270 g/mol. The summed E-state index contributed by atoms with van der Waals surface area (Å²) in [5.74, 6) is 0.689. The molecule has 0 unspecified atom stereocenters. The molecule has 2 aromatic carbocycles. The molecule has 0 fully saturated rings. The summed E-state index contributed by atoms with van der Waals surface area (Å²) in [7, 11) is 0. The lowest BCUT2D eigenvalue weighted by Gasteiger charge is -2.15. The van der Waals surface area contributed by atoms with Crippen LogP contribution in [0.4, 0.5) is 4.79 Å². The molecule has 1 amide bonds. The molecule has 0 aliphatic heterocycles. The molecule has 5 nitrogen and oxygen atoms in total. The van der Waals surface area contributed by atoms with E-state index < -0.39 is 12.1 Å². The third-order valence-electron chi connectivity index (χ3n) is 3.01. The fourth-order valence-electron chi connectivity index (χ4n) is 1.92. The Balaban J connectivity index is 1.96. The number of amides is 1. The molecule has 0 radical (unpaired) electrons. The van der Waals surface area contributed by atoms with Crippen molar-refractivity contribution in [1.29, 1.82) is 0 Å². The zero-order valence-electron chi connectivity index (χ0n) is 11.4. The minimum atomic E-state index is -1.17. The molecule has 0 bridgehead atoms. The van der Waals surface area contributed by atoms with Crippen LogP contribution in [0.5, 0.6) is 5.75 Å². The van der Waals surface area contributed by atoms with Crippen molar-refractivity contribution < 1.29 is 19.7 Å². The average Bonchev–Trinajstić information content (AvgIpc) is 2.52. The van der Waals surface area contributed by atoms with E-state index in [2.05, 4.69) is 5.32 Å². The summed E-state index contributed by atoms with van der Waals surface area (Å²) in [6.07, 6.45) is -1.17. The van der Waals surface area contributed by atoms with Crippen LogP contribution in [-0.2, 0) is 6.61 Å². The smallest absolute Gasteiger partial charge is 0.405 e. The van der Waals surface area contributed by atoms with Gasteiger partial charge in [0.2, 0.25) is 0 Å². The molecule has 0 saturated carbocycles. The first-order valence-corrected chi connectivity index (χ1v) is 6.56. The summed E-state index contributed by atoms with van der Waals surface area (Å²) in [5, 5.41) is 20.1. The Morgan fingerprint density at radius 2 is 1.76 bits per heavy atom. The van der Waals surface area contributed by atoms with Crippen LogP contribution >= 0.6 is 0 Å². The van der Waals surface area contributed by atoms with E-state index in [4.69, 9.17) is 9.84 Å². The lowest BCUT2D eigenvalue weighted by Crippen LogP contribution is -2.29. The Bertz CT molecular complexity index is 569. The maximum Gasteiger partial charge on any atom is 0.405 e. The summed E-state index contributed by atoms with van der Waals surface area (Å²) in [6.45, 7) is 0.174. The van der Waals surface area contributed by atoms with Crippen molar-refractivity contribution in [3.05, 3.63) is 65.7 Å². The molecule has 0 saturated heterocycles. The van der Waals surface area contributed by atoms with Crippen LogP contribution < -0.4 is 10.1 Å². The highest BCUT2D eigenvalue weighted by Crippen LogP contribution is 2.18. The molecule has 110 valence electrons. The molecule has 1 atom stereocenters. The number of hydrogen-bond donors (Lipinski definition) is 3. The Kier molecular flexibility index (Phi) is 5.17. The minimum absolute atomic E-state index is 0.295. The number of benzene rings is 2. The average molecular weight is 287 g/mol. The van der Waals surface area contributed by atoms with Crippen LogP contribution in [0.25, 0.3) is 0 Å². The van der Waals surface area contributed by atoms with Gasteiger partial charge >= 0.3 is 6.09 Å². The molecule has 3 N–H and O–H groups in total. The number of carboxylic acid groups (broad SMARTS) is 1. The monoisotopic (exact) mass is 287 g/mol. The fraction of sp³-hybridized carbons (Fsp3) is 0.188. The van der Waals surface area contributed by atoms with Gasteiger partial charge < -0.3 is 20.3 Å². The lowest BCUT2D eigenvalue weighted by atomic mass is 10.1. The Morgan fingerprint density at radius 1 is 1.10 bits per heavy atom. The van der Waals surface area contributed by atoms with E-state index in [0.29, 0.717) is 17.9 Å². The van der Waals surface area contributed by atoms with Crippen molar-refractivity contribution in [3.63, 3.8) is 0 Å². The molecule has 2 aromatic rings. The first kappa shape index (κ1) is 14.9. The van der Waals surface area contributed by atoms with Crippen molar-refractivity contribution in [2.45, 2.75) is 12.6 Å². The van der Waals surface area contributed by atoms with E-state index in [1.807, 2.05) is 30.3 Å². The Labute approximate surface area is 122 Å². The third kappa shape index (κ3) is 4.50. The second-order valence-electron chi connectivity index (χ2n) is 4.53. The Hall–Kier alpha value is -2.53. The normalized spacial score (nSPS) is 11.7. The van der Waals surface area contributed by atoms with E-state index in [-0.39, 0.29) is 6.61 Å². The summed E-state index contributed by atoms with van der Waals surface area (Å²) >= 11 is 0. The zero-order chi connectivity index (χ0) is 15.1. The molecule has 0 aliphatic rings. The van der Waals surface area contributed by atoms with Gasteiger partial charge in [-0.15, -0.1) is 0 Å². The van der Waals surface area contributed by atoms with Gasteiger partial charge in [-0.3, -0.25) is 0 Å². The van der Waals surface area contributed by atoms with Crippen LogP contribution in [0, 0.1) is 0 Å². The second-order valence-corrected chi connectivity index (χ2v) is 4.53. The molecule has 5 heteroatoms. The highest BCUT2D eigenvalue weighted by Gasteiger charge is 2.12. The van der Waals surface area contributed by atoms with Crippen molar-refractivity contribution in [3.8, 4) is 5.75 Å². The topological polar surface area (TPSA) is 78.8 Å². The molecule has 0 spiro atoms. The van der Waals surface area contributed by atoms with Gasteiger partial charge in [-0.05, 0) is 23.3 Å². The fourth-order valence-corrected chi connectivity index (χ4v) is 1.92. The maximum atomic E-state index is 10.6. The van der Waals surface area contributed by atoms with Gasteiger partial charge in [0.05, 0.1) is 12.6 Å². The van der Waals surface area contributed by atoms with E-state index >= 15 is 0 Å². The predicted molar refractivity (Wildman–Crippen MR) is 78.2 cm³/mol. The number of carbonyl (C=O) groups is 1. The molecule has 0 aromatic heterocycles. The zero-order valence-corrected chi connectivity index (χ0v) is 11.4. The van der Waals surface area contributed by atoms with Crippen LogP contribution in [0.1, 0.15) is 17.2 Å². The highest BCUT2D eigenvalue weighted by molar-refractivity contribution is 5.65. The van der Waals surface area contributed by atoms with Crippen molar-refractivity contribution >= 4 is 6.09 Å². The summed E-state index contributed by atoms with van der Waals surface area (Å²) in [4.78, 5) is 10.6. The van der Waals surface area contributed by atoms with Crippen LogP contribution in [-0.4, -0.2) is 22.9 Å². The number of rotatable bonds is 6. The summed E-state index contributed by atoms with van der Waals surface area (Å²) < 4.78 is 5.64. The summed E-state index contributed by atoms with van der Waals surface area (Å²) in [6, 6.07) is 16.1. The van der Waals surface area contributed by atoms with Gasteiger partial charge in [0, 0.05) is 0 Å². The van der Waals surface area contributed by atoms with E-state index in [0.717, 1.165) is 5.56 Å². The van der Waals surface area contributed by atoms with Crippen LogP contribution in [0.15, 0.2) is 54.6 Å². The number of nitrogens with one attached hydrogen (secondary N) is 1. The van der Waals surface area contributed by atoms with Gasteiger partial charge in [0.1, 0.15) is 12.4 Å². The minimum Gasteiger partial charge on any atom is -0.489 e.